The summed E-state index contributed by atoms with van der Waals surface area (Å²) < 4.78 is 14.0. The molecule has 2 aromatic rings. The Balaban J connectivity index is 2.53. The lowest BCUT2D eigenvalue weighted by atomic mass is 9.90. The maximum Gasteiger partial charge on any atom is 0.124 e. The molecule has 0 spiro atoms. The molecule has 0 fully saturated rings. The minimum Gasteiger partial charge on any atom is -0.320 e. The smallest absolute Gasteiger partial charge is 0.124 e. The molecule has 100 valence electrons. The van der Waals surface area contributed by atoms with Crippen molar-refractivity contribution in [3.8, 4) is 0 Å². The molecule has 2 rings (SSSR count). The van der Waals surface area contributed by atoms with Crippen molar-refractivity contribution in [2.75, 3.05) is 0 Å². The van der Waals surface area contributed by atoms with Crippen molar-refractivity contribution in [2.45, 2.75) is 26.8 Å². The van der Waals surface area contributed by atoms with Crippen LogP contribution in [0, 0.1) is 30.2 Å². The van der Waals surface area contributed by atoms with Crippen LogP contribution in [0.4, 0.5) is 4.39 Å². The van der Waals surface area contributed by atoms with E-state index in [0.717, 1.165) is 14.7 Å². The fraction of sp³-hybridized carbons (Fsp3) is 0.250. The average Bonchev–Trinajstić information content (AvgIpc) is 2.26. The molecular weight excluding hydrogens is 352 g/mol. The second-order valence-electron chi connectivity index (χ2n) is 4.96. The standard InChI is InChI=1S/C16H17FIN/c1-9-6-10(2)15(11(3)7-9)16(19)13-5-4-12(17)8-14(13)18/h4-8,16H,19H2,1-3H3. The first-order valence-electron chi connectivity index (χ1n) is 6.18. The number of hydrogen-bond donors (Lipinski definition) is 1. The van der Waals surface area contributed by atoms with Crippen molar-refractivity contribution in [1.82, 2.24) is 0 Å². The molecule has 0 aliphatic rings. The van der Waals surface area contributed by atoms with Crippen LogP contribution in [0.5, 0.6) is 0 Å². The van der Waals surface area contributed by atoms with Gasteiger partial charge in [-0.25, -0.2) is 4.39 Å². The van der Waals surface area contributed by atoms with Gasteiger partial charge in [-0.05, 0) is 77.7 Å². The van der Waals surface area contributed by atoms with E-state index in [2.05, 4.69) is 55.5 Å². The molecule has 2 aromatic carbocycles. The van der Waals surface area contributed by atoms with E-state index >= 15 is 0 Å². The fourth-order valence-electron chi connectivity index (χ4n) is 2.59. The Hall–Kier alpha value is -0.940. The van der Waals surface area contributed by atoms with E-state index in [1.807, 2.05) is 0 Å². The summed E-state index contributed by atoms with van der Waals surface area (Å²) in [6.07, 6.45) is 0. The summed E-state index contributed by atoms with van der Waals surface area (Å²) in [5.41, 5.74) is 12.1. The van der Waals surface area contributed by atoms with Gasteiger partial charge in [0.1, 0.15) is 5.82 Å². The highest BCUT2D eigenvalue weighted by atomic mass is 127. The molecule has 0 aromatic heterocycles. The van der Waals surface area contributed by atoms with Gasteiger partial charge >= 0.3 is 0 Å². The third-order valence-corrected chi connectivity index (χ3v) is 4.28. The number of aryl methyl sites for hydroxylation is 3. The summed E-state index contributed by atoms with van der Waals surface area (Å²) in [4.78, 5) is 0. The van der Waals surface area contributed by atoms with Gasteiger partial charge in [0.05, 0.1) is 6.04 Å². The van der Waals surface area contributed by atoms with E-state index in [-0.39, 0.29) is 11.9 Å². The van der Waals surface area contributed by atoms with Crippen LogP contribution in [0.2, 0.25) is 0 Å². The van der Waals surface area contributed by atoms with Gasteiger partial charge in [0, 0.05) is 3.57 Å². The predicted octanol–water partition coefficient (Wildman–Crippen LogP) is 4.40. The number of halogens is 2. The lowest BCUT2D eigenvalue weighted by molar-refractivity contribution is 0.625. The van der Waals surface area contributed by atoms with Crippen LogP contribution in [0.3, 0.4) is 0 Å². The van der Waals surface area contributed by atoms with E-state index in [1.54, 1.807) is 6.07 Å². The number of nitrogens with two attached hydrogens (primary N) is 1. The molecule has 1 unspecified atom stereocenters. The Labute approximate surface area is 127 Å². The average molecular weight is 369 g/mol. The van der Waals surface area contributed by atoms with E-state index in [4.69, 9.17) is 5.73 Å². The minimum absolute atomic E-state index is 0.215. The third kappa shape index (κ3) is 2.98. The quantitative estimate of drug-likeness (QED) is 0.780. The van der Waals surface area contributed by atoms with Crippen LogP contribution >= 0.6 is 22.6 Å². The zero-order valence-electron chi connectivity index (χ0n) is 11.3. The first-order valence-corrected chi connectivity index (χ1v) is 7.26. The van der Waals surface area contributed by atoms with E-state index in [1.165, 1.54) is 28.8 Å². The molecule has 3 heteroatoms. The maximum absolute atomic E-state index is 13.2. The van der Waals surface area contributed by atoms with Crippen molar-refractivity contribution >= 4 is 22.6 Å². The molecule has 0 aliphatic carbocycles. The number of rotatable bonds is 2. The highest BCUT2D eigenvalue weighted by molar-refractivity contribution is 14.1. The Morgan fingerprint density at radius 2 is 1.63 bits per heavy atom. The second-order valence-corrected chi connectivity index (χ2v) is 6.12. The van der Waals surface area contributed by atoms with Crippen molar-refractivity contribution in [3.63, 3.8) is 0 Å². The van der Waals surface area contributed by atoms with Gasteiger partial charge in [-0.1, -0.05) is 23.8 Å². The molecule has 0 aliphatic heterocycles. The monoisotopic (exact) mass is 369 g/mol. The van der Waals surface area contributed by atoms with Gasteiger partial charge < -0.3 is 5.73 Å². The van der Waals surface area contributed by atoms with Crippen molar-refractivity contribution in [2.24, 2.45) is 5.73 Å². The first-order chi connectivity index (χ1) is 8.90. The van der Waals surface area contributed by atoms with Crippen LogP contribution < -0.4 is 5.73 Å². The molecule has 19 heavy (non-hydrogen) atoms. The molecule has 2 N–H and O–H groups in total. The number of hydrogen-bond acceptors (Lipinski definition) is 1. The van der Waals surface area contributed by atoms with Crippen molar-refractivity contribution in [1.29, 1.82) is 0 Å². The molecular formula is C16H17FIN. The van der Waals surface area contributed by atoms with Crippen molar-refractivity contribution < 1.29 is 4.39 Å². The molecule has 0 bridgehead atoms. The minimum atomic E-state index is -0.224. The molecule has 0 saturated heterocycles. The van der Waals surface area contributed by atoms with Crippen molar-refractivity contribution in [3.05, 3.63) is 67.5 Å². The molecule has 0 heterocycles. The Morgan fingerprint density at radius 1 is 1.05 bits per heavy atom. The first kappa shape index (κ1) is 14.5. The topological polar surface area (TPSA) is 26.0 Å². The van der Waals surface area contributed by atoms with E-state index in [9.17, 15) is 4.39 Å². The maximum atomic E-state index is 13.2. The highest BCUT2D eigenvalue weighted by Gasteiger charge is 2.17. The van der Waals surface area contributed by atoms with E-state index in [0.29, 0.717) is 0 Å². The molecule has 1 nitrogen and oxygen atoms in total. The van der Waals surface area contributed by atoms with Crippen LogP contribution in [0.15, 0.2) is 30.3 Å². The Morgan fingerprint density at radius 3 is 2.16 bits per heavy atom. The van der Waals surface area contributed by atoms with Crippen LogP contribution in [-0.2, 0) is 0 Å². The summed E-state index contributed by atoms with van der Waals surface area (Å²) in [6.45, 7) is 6.23. The third-order valence-electron chi connectivity index (χ3n) is 3.35. The molecule has 0 saturated carbocycles. The normalized spacial score (nSPS) is 12.5. The Kier molecular flexibility index (Phi) is 4.26. The van der Waals surface area contributed by atoms with Crippen LogP contribution in [0.1, 0.15) is 33.9 Å². The summed E-state index contributed by atoms with van der Waals surface area (Å²) >= 11 is 2.14. The van der Waals surface area contributed by atoms with Crippen LogP contribution in [-0.4, -0.2) is 0 Å². The zero-order valence-corrected chi connectivity index (χ0v) is 13.5. The lowest BCUT2D eigenvalue weighted by Gasteiger charge is -2.20. The summed E-state index contributed by atoms with van der Waals surface area (Å²) in [6, 6.07) is 8.83. The van der Waals surface area contributed by atoms with E-state index < -0.39 is 0 Å². The SMILES string of the molecule is Cc1cc(C)c(C(N)c2ccc(F)cc2I)c(C)c1. The summed E-state index contributed by atoms with van der Waals surface area (Å²) in [7, 11) is 0. The molecule has 0 amide bonds. The largest absolute Gasteiger partial charge is 0.320 e. The van der Waals surface area contributed by atoms with Crippen LogP contribution in [0.25, 0.3) is 0 Å². The molecule has 0 radical (unpaired) electrons. The van der Waals surface area contributed by atoms with Gasteiger partial charge in [0.25, 0.3) is 0 Å². The highest BCUT2D eigenvalue weighted by Crippen LogP contribution is 2.29. The Bertz CT molecular complexity index is 599. The number of benzene rings is 2. The zero-order chi connectivity index (χ0) is 14.2. The van der Waals surface area contributed by atoms with Gasteiger partial charge in [0.15, 0.2) is 0 Å². The van der Waals surface area contributed by atoms with Gasteiger partial charge in [-0.15, -0.1) is 0 Å². The molecule has 1 atom stereocenters. The lowest BCUT2D eigenvalue weighted by Crippen LogP contribution is -2.16. The predicted molar refractivity (Wildman–Crippen MR) is 85.8 cm³/mol. The van der Waals surface area contributed by atoms with Gasteiger partial charge in [-0.2, -0.15) is 0 Å². The summed E-state index contributed by atoms with van der Waals surface area (Å²) in [5, 5.41) is 0. The van der Waals surface area contributed by atoms with Gasteiger partial charge in [-0.3, -0.25) is 0 Å². The van der Waals surface area contributed by atoms with Gasteiger partial charge in [0.2, 0.25) is 0 Å². The second kappa shape index (κ2) is 5.59. The fourth-order valence-corrected chi connectivity index (χ4v) is 3.40. The summed E-state index contributed by atoms with van der Waals surface area (Å²) in [5.74, 6) is -0.224.